The van der Waals surface area contributed by atoms with Crippen LogP contribution in [0.5, 0.6) is 0 Å². The highest BCUT2D eigenvalue weighted by molar-refractivity contribution is 7.91. The van der Waals surface area contributed by atoms with Gasteiger partial charge in [-0.05, 0) is 38.5 Å². The third-order valence-corrected chi connectivity index (χ3v) is 5.26. The van der Waals surface area contributed by atoms with Crippen molar-refractivity contribution in [1.82, 2.24) is 0 Å². The first kappa shape index (κ1) is 14.3. The van der Waals surface area contributed by atoms with Crippen molar-refractivity contribution in [2.45, 2.75) is 32.8 Å². The minimum atomic E-state index is -2.79. The van der Waals surface area contributed by atoms with E-state index in [2.05, 4.69) is 0 Å². The van der Waals surface area contributed by atoms with Crippen LogP contribution in [0.25, 0.3) is 0 Å². The smallest absolute Gasteiger partial charge is 0.150 e. The summed E-state index contributed by atoms with van der Waals surface area (Å²) < 4.78 is 28.2. The van der Waals surface area contributed by atoms with E-state index in [-0.39, 0.29) is 17.9 Å². The number of hydrogen-bond acceptors (Lipinski definition) is 3. The highest BCUT2D eigenvalue weighted by atomic mass is 35.5. The molecule has 1 aliphatic heterocycles. The molecule has 0 amide bonds. The molecule has 0 saturated carbocycles. The van der Waals surface area contributed by atoms with E-state index in [1.165, 1.54) is 0 Å². The van der Waals surface area contributed by atoms with Crippen LogP contribution in [0, 0.1) is 11.8 Å². The standard InChI is InChI=1S/C11H21ClO3S/c1-9(2)15-5-3-10(7-12)11-4-6-16(13,14)8-11/h9-11H,3-8H2,1-2H3. The molecule has 0 aromatic heterocycles. The first-order valence-electron chi connectivity index (χ1n) is 5.82. The molecule has 0 spiro atoms. The van der Waals surface area contributed by atoms with Gasteiger partial charge >= 0.3 is 0 Å². The van der Waals surface area contributed by atoms with Crippen molar-refractivity contribution < 1.29 is 13.2 Å². The summed E-state index contributed by atoms with van der Waals surface area (Å²) in [4.78, 5) is 0. The van der Waals surface area contributed by atoms with Crippen molar-refractivity contribution in [2.75, 3.05) is 24.0 Å². The minimum Gasteiger partial charge on any atom is -0.379 e. The third kappa shape index (κ3) is 4.60. The molecule has 1 rings (SSSR count). The Hall–Kier alpha value is 0.200. The lowest BCUT2D eigenvalue weighted by atomic mass is 9.91. The maximum absolute atomic E-state index is 11.4. The van der Waals surface area contributed by atoms with Crippen LogP contribution in [0.1, 0.15) is 26.7 Å². The molecule has 96 valence electrons. The highest BCUT2D eigenvalue weighted by Crippen LogP contribution is 2.29. The molecule has 1 heterocycles. The Morgan fingerprint density at radius 2 is 2.12 bits per heavy atom. The minimum absolute atomic E-state index is 0.225. The van der Waals surface area contributed by atoms with Crippen LogP contribution in [-0.4, -0.2) is 38.5 Å². The van der Waals surface area contributed by atoms with Gasteiger partial charge in [-0.25, -0.2) is 8.42 Å². The molecule has 16 heavy (non-hydrogen) atoms. The maximum atomic E-state index is 11.4. The number of halogens is 1. The molecule has 0 aromatic carbocycles. The fourth-order valence-corrected chi connectivity index (χ4v) is 4.42. The van der Waals surface area contributed by atoms with Crippen molar-refractivity contribution in [3.8, 4) is 0 Å². The molecule has 0 N–H and O–H groups in total. The molecule has 2 atom stereocenters. The summed E-state index contributed by atoms with van der Waals surface area (Å²) in [5.41, 5.74) is 0. The van der Waals surface area contributed by atoms with Crippen LogP contribution in [0.2, 0.25) is 0 Å². The number of alkyl halides is 1. The third-order valence-electron chi connectivity index (χ3n) is 3.07. The molecular formula is C11H21ClO3S. The van der Waals surface area contributed by atoms with E-state index in [9.17, 15) is 8.42 Å². The lowest BCUT2D eigenvalue weighted by Crippen LogP contribution is -2.20. The maximum Gasteiger partial charge on any atom is 0.150 e. The summed E-state index contributed by atoms with van der Waals surface area (Å²) in [6.07, 6.45) is 1.85. The summed E-state index contributed by atoms with van der Waals surface area (Å²) in [5, 5.41) is 0. The number of rotatable bonds is 6. The molecular weight excluding hydrogens is 248 g/mol. The van der Waals surface area contributed by atoms with Gasteiger partial charge in [-0.2, -0.15) is 0 Å². The fourth-order valence-electron chi connectivity index (χ4n) is 2.09. The van der Waals surface area contributed by atoms with Gasteiger partial charge in [0.25, 0.3) is 0 Å². The van der Waals surface area contributed by atoms with Crippen molar-refractivity contribution in [3.05, 3.63) is 0 Å². The Labute approximate surface area is 103 Å². The van der Waals surface area contributed by atoms with Gasteiger partial charge in [0.1, 0.15) is 0 Å². The zero-order valence-electron chi connectivity index (χ0n) is 9.99. The normalized spacial score (nSPS) is 26.1. The Balaban J connectivity index is 2.37. The van der Waals surface area contributed by atoms with Crippen LogP contribution < -0.4 is 0 Å². The van der Waals surface area contributed by atoms with Crippen LogP contribution in [0.15, 0.2) is 0 Å². The van der Waals surface area contributed by atoms with Gasteiger partial charge in [-0.1, -0.05) is 0 Å². The Morgan fingerprint density at radius 3 is 2.56 bits per heavy atom. The zero-order chi connectivity index (χ0) is 12.2. The predicted octanol–water partition coefficient (Wildman–Crippen LogP) is 2.09. The van der Waals surface area contributed by atoms with E-state index in [1.54, 1.807) is 0 Å². The monoisotopic (exact) mass is 268 g/mol. The molecule has 0 aliphatic carbocycles. The molecule has 0 radical (unpaired) electrons. The van der Waals surface area contributed by atoms with E-state index >= 15 is 0 Å². The second-order valence-electron chi connectivity index (χ2n) is 4.79. The first-order valence-corrected chi connectivity index (χ1v) is 8.18. The van der Waals surface area contributed by atoms with Gasteiger partial charge in [-0.3, -0.25) is 0 Å². The second-order valence-corrected chi connectivity index (χ2v) is 7.32. The highest BCUT2D eigenvalue weighted by Gasteiger charge is 2.32. The van der Waals surface area contributed by atoms with Crippen molar-refractivity contribution in [1.29, 1.82) is 0 Å². The van der Waals surface area contributed by atoms with Gasteiger partial charge in [0.15, 0.2) is 9.84 Å². The van der Waals surface area contributed by atoms with Crippen molar-refractivity contribution >= 4 is 21.4 Å². The number of sulfone groups is 1. The van der Waals surface area contributed by atoms with Crippen molar-refractivity contribution in [2.24, 2.45) is 11.8 Å². The lowest BCUT2D eigenvalue weighted by Gasteiger charge is -2.20. The topological polar surface area (TPSA) is 43.4 Å². The zero-order valence-corrected chi connectivity index (χ0v) is 11.6. The average Bonchev–Trinajstić information content (AvgIpc) is 2.53. The Bertz CT molecular complexity index is 300. The van der Waals surface area contributed by atoms with Crippen LogP contribution in [0.4, 0.5) is 0 Å². The van der Waals surface area contributed by atoms with E-state index in [0.29, 0.717) is 24.0 Å². The number of hydrogen-bond donors (Lipinski definition) is 0. The SMILES string of the molecule is CC(C)OCCC(CCl)C1CCS(=O)(=O)C1. The summed E-state index contributed by atoms with van der Waals surface area (Å²) in [6.45, 7) is 4.66. The van der Waals surface area contributed by atoms with Crippen LogP contribution in [-0.2, 0) is 14.6 Å². The largest absolute Gasteiger partial charge is 0.379 e. The van der Waals surface area contributed by atoms with Gasteiger partial charge in [0.2, 0.25) is 0 Å². The lowest BCUT2D eigenvalue weighted by molar-refractivity contribution is 0.0658. The van der Waals surface area contributed by atoms with Gasteiger partial charge in [0, 0.05) is 12.5 Å². The molecule has 0 aromatic rings. The first-order chi connectivity index (χ1) is 7.44. The van der Waals surface area contributed by atoms with Crippen molar-refractivity contribution in [3.63, 3.8) is 0 Å². The quantitative estimate of drug-likeness (QED) is 0.693. The summed E-state index contributed by atoms with van der Waals surface area (Å²) in [5.74, 6) is 1.68. The van der Waals surface area contributed by atoms with Gasteiger partial charge in [-0.15, -0.1) is 11.6 Å². The average molecular weight is 269 g/mol. The summed E-state index contributed by atoms with van der Waals surface area (Å²) in [6, 6.07) is 0. The Kier molecular flexibility index (Phi) is 5.54. The second kappa shape index (κ2) is 6.22. The summed E-state index contributed by atoms with van der Waals surface area (Å²) in [7, 11) is -2.79. The van der Waals surface area contributed by atoms with Gasteiger partial charge in [0.05, 0.1) is 17.6 Å². The predicted molar refractivity (Wildman–Crippen MR) is 66.7 cm³/mol. The fraction of sp³-hybridized carbons (Fsp3) is 1.00. The van der Waals surface area contributed by atoms with E-state index in [4.69, 9.17) is 16.3 Å². The number of ether oxygens (including phenoxy) is 1. The summed E-state index contributed by atoms with van der Waals surface area (Å²) >= 11 is 5.91. The molecule has 3 nitrogen and oxygen atoms in total. The molecule has 2 unspecified atom stereocenters. The molecule has 1 fully saturated rings. The van der Waals surface area contributed by atoms with Gasteiger partial charge < -0.3 is 4.74 Å². The van der Waals surface area contributed by atoms with E-state index < -0.39 is 9.84 Å². The molecule has 0 bridgehead atoms. The van der Waals surface area contributed by atoms with Crippen LogP contribution in [0.3, 0.4) is 0 Å². The Morgan fingerprint density at radius 1 is 1.44 bits per heavy atom. The van der Waals surface area contributed by atoms with E-state index in [1.807, 2.05) is 13.8 Å². The molecule has 1 saturated heterocycles. The molecule has 5 heteroatoms. The van der Waals surface area contributed by atoms with E-state index in [0.717, 1.165) is 12.8 Å². The van der Waals surface area contributed by atoms with Crippen LogP contribution >= 0.6 is 11.6 Å². The molecule has 1 aliphatic rings.